The molecule has 2 aromatic rings. The average Bonchev–Trinajstić information content (AvgIpc) is 2.89. The van der Waals surface area contributed by atoms with Crippen molar-refractivity contribution in [3.63, 3.8) is 0 Å². The molecule has 0 fully saturated rings. The fraction of sp³-hybridized carbons (Fsp3) is 0.250. The average molecular weight is 301 g/mol. The van der Waals surface area contributed by atoms with Crippen LogP contribution in [0.3, 0.4) is 0 Å². The molecule has 0 unspecified atom stereocenters. The van der Waals surface area contributed by atoms with E-state index in [-0.39, 0.29) is 5.97 Å². The molecule has 0 radical (unpaired) electrons. The second-order valence-corrected chi connectivity index (χ2v) is 5.65. The van der Waals surface area contributed by atoms with E-state index in [1.165, 1.54) is 11.3 Å². The molecule has 0 spiro atoms. The van der Waals surface area contributed by atoms with Crippen LogP contribution >= 0.6 is 11.3 Å². The number of aromatic nitrogens is 1. The fourth-order valence-electron chi connectivity index (χ4n) is 2.16. The third kappa shape index (κ3) is 2.69. The number of rotatable bonds is 3. The molecule has 3 rings (SSSR count). The van der Waals surface area contributed by atoms with Gasteiger partial charge in [0.2, 0.25) is 0 Å². The Morgan fingerprint density at radius 3 is 3.05 bits per heavy atom. The Hall–Kier alpha value is -2.14. The number of aryl methyl sites for hydroxylation is 1. The van der Waals surface area contributed by atoms with Crippen molar-refractivity contribution in [3.8, 4) is 5.75 Å². The quantitative estimate of drug-likeness (QED) is 0.813. The van der Waals surface area contributed by atoms with E-state index >= 15 is 0 Å². The summed E-state index contributed by atoms with van der Waals surface area (Å²) >= 11 is 1.35. The number of hydrogen-bond acceptors (Lipinski definition) is 5. The normalized spacial score (nSPS) is 13.1. The van der Waals surface area contributed by atoms with Gasteiger partial charge in [0.05, 0.1) is 12.3 Å². The maximum Gasteiger partial charge on any atom is 0.350 e. The molecule has 0 aliphatic carbocycles. The molecule has 108 valence electrons. The molecule has 1 aromatic heterocycles. The third-order valence-corrected chi connectivity index (χ3v) is 4.38. The van der Waals surface area contributed by atoms with Crippen molar-refractivity contribution in [1.82, 2.24) is 4.98 Å². The summed E-state index contributed by atoms with van der Waals surface area (Å²) < 4.78 is 10.8. The minimum absolute atomic E-state index is 0.309. The van der Waals surface area contributed by atoms with Crippen LogP contribution in [0.4, 0.5) is 0 Å². The summed E-state index contributed by atoms with van der Waals surface area (Å²) in [5, 5.41) is 0.810. The molecule has 1 aliphatic heterocycles. The maximum atomic E-state index is 11.9. The number of nitrogens with zero attached hydrogens (tertiary/aromatic N) is 1. The monoisotopic (exact) mass is 301 g/mol. The van der Waals surface area contributed by atoms with Gasteiger partial charge in [-0.2, -0.15) is 0 Å². The second kappa shape index (κ2) is 5.69. The first-order valence-electron chi connectivity index (χ1n) is 6.76. The van der Waals surface area contributed by atoms with Crippen LogP contribution in [0.5, 0.6) is 5.75 Å². The zero-order chi connectivity index (χ0) is 14.8. The minimum Gasteiger partial charge on any atom is -0.488 e. The van der Waals surface area contributed by atoms with Crippen LogP contribution in [-0.2, 0) is 4.74 Å². The summed E-state index contributed by atoms with van der Waals surface area (Å²) in [4.78, 5) is 16.9. The molecule has 0 saturated carbocycles. The summed E-state index contributed by atoms with van der Waals surface area (Å²) in [6.45, 7) is 4.45. The van der Waals surface area contributed by atoms with Gasteiger partial charge in [-0.3, -0.25) is 0 Å². The molecular weight excluding hydrogens is 286 g/mol. The lowest BCUT2D eigenvalue weighted by Gasteiger charge is -2.16. The van der Waals surface area contributed by atoms with Gasteiger partial charge in [-0.05, 0) is 26.0 Å². The molecule has 2 heterocycles. The van der Waals surface area contributed by atoms with Crippen LogP contribution in [-0.4, -0.2) is 24.2 Å². The van der Waals surface area contributed by atoms with Crippen LogP contribution < -0.4 is 4.74 Å². The fourth-order valence-corrected chi connectivity index (χ4v) is 3.12. The first kappa shape index (κ1) is 13.8. The number of para-hydroxylation sites is 1. The molecular formula is C16H15NO3S. The van der Waals surface area contributed by atoms with Crippen molar-refractivity contribution >= 4 is 29.0 Å². The third-order valence-electron chi connectivity index (χ3n) is 3.16. The van der Waals surface area contributed by atoms with E-state index in [0.717, 1.165) is 21.9 Å². The SMILES string of the molecule is CCOC(=O)c1sc(C2=Cc3ccccc3OC2)nc1C. The van der Waals surface area contributed by atoms with Gasteiger partial charge in [0.15, 0.2) is 0 Å². The maximum absolute atomic E-state index is 11.9. The number of ether oxygens (including phenoxy) is 2. The van der Waals surface area contributed by atoms with E-state index in [2.05, 4.69) is 11.1 Å². The summed E-state index contributed by atoms with van der Waals surface area (Å²) in [6, 6.07) is 7.86. The molecule has 0 saturated heterocycles. The number of fused-ring (bicyclic) bond motifs is 1. The summed E-state index contributed by atoms with van der Waals surface area (Å²) in [6.07, 6.45) is 2.06. The Morgan fingerprint density at radius 2 is 2.24 bits per heavy atom. The summed E-state index contributed by atoms with van der Waals surface area (Å²) in [7, 11) is 0. The first-order valence-corrected chi connectivity index (χ1v) is 7.58. The van der Waals surface area contributed by atoms with Gasteiger partial charge in [-0.15, -0.1) is 11.3 Å². The Morgan fingerprint density at radius 1 is 1.43 bits per heavy atom. The molecule has 0 bridgehead atoms. The zero-order valence-corrected chi connectivity index (χ0v) is 12.7. The number of esters is 1. The van der Waals surface area contributed by atoms with E-state index in [1.54, 1.807) is 6.92 Å². The van der Waals surface area contributed by atoms with E-state index < -0.39 is 0 Å². The highest BCUT2D eigenvalue weighted by Gasteiger charge is 2.20. The summed E-state index contributed by atoms with van der Waals surface area (Å²) in [5.74, 6) is 0.566. The van der Waals surface area contributed by atoms with Gasteiger partial charge in [0.1, 0.15) is 22.2 Å². The molecule has 5 heteroatoms. The van der Waals surface area contributed by atoms with Gasteiger partial charge in [-0.1, -0.05) is 18.2 Å². The Kier molecular flexibility index (Phi) is 3.75. The van der Waals surface area contributed by atoms with Crippen LogP contribution in [0.1, 0.15) is 32.9 Å². The zero-order valence-electron chi connectivity index (χ0n) is 11.9. The molecule has 0 N–H and O–H groups in total. The van der Waals surface area contributed by atoms with Gasteiger partial charge in [0.25, 0.3) is 0 Å². The molecule has 0 atom stereocenters. The lowest BCUT2D eigenvalue weighted by Crippen LogP contribution is -2.06. The van der Waals surface area contributed by atoms with E-state index in [1.807, 2.05) is 31.2 Å². The number of carbonyl (C=O) groups excluding carboxylic acids is 1. The lowest BCUT2D eigenvalue weighted by molar-refractivity contribution is 0.0531. The molecule has 1 aliphatic rings. The number of hydrogen-bond donors (Lipinski definition) is 0. The predicted octanol–water partition coefficient (Wildman–Crippen LogP) is 3.56. The van der Waals surface area contributed by atoms with Crippen LogP contribution in [0.15, 0.2) is 24.3 Å². The Bertz CT molecular complexity index is 718. The van der Waals surface area contributed by atoms with Crippen molar-refractivity contribution < 1.29 is 14.3 Å². The molecule has 4 nitrogen and oxygen atoms in total. The molecule has 1 aromatic carbocycles. The van der Waals surface area contributed by atoms with Gasteiger partial charge in [0, 0.05) is 11.1 Å². The minimum atomic E-state index is -0.309. The standard InChI is InChI=1S/C16H15NO3S/c1-3-19-16(18)14-10(2)17-15(21-14)12-8-11-6-4-5-7-13(11)20-9-12/h4-8H,3,9H2,1-2H3. The largest absolute Gasteiger partial charge is 0.488 e. The van der Waals surface area contributed by atoms with Crippen LogP contribution in [0.25, 0.3) is 11.6 Å². The first-order chi connectivity index (χ1) is 10.2. The van der Waals surface area contributed by atoms with Crippen LogP contribution in [0.2, 0.25) is 0 Å². The topological polar surface area (TPSA) is 48.4 Å². The Labute approximate surface area is 127 Å². The highest BCUT2D eigenvalue weighted by Crippen LogP contribution is 2.33. The van der Waals surface area contributed by atoms with Crippen molar-refractivity contribution in [2.45, 2.75) is 13.8 Å². The number of benzene rings is 1. The van der Waals surface area contributed by atoms with Crippen molar-refractivity contribution in [3.05, 3.63) is 45.4 Å². The van der Waals surface area contributed by atoms with Crippen molar-refractivity contribution in [1.29, 1.82) is 0 Å². The van der Waals surface area contributed by atoms with Gasteiger partial charge >= 0.3 is 5.97 Å². The van der Waals surface area contributed by atoms with Crippen molar-refractivity contribution in [2.75, 3.05) is 13.2 Å². The predicted molar refractivity (Wildman–Crippen MR) is 82.6 cm³/mol. The highest BCUT2D eigenvalue weighted by atomic mass is 32.1. The molecule has 21 heavy (non-hydrogen) atoms. The molecule has 0 amide bonds. The van der Waals surface area contributed by atoms with Crippen LogP contribution in [0, 0.1) is 6.92 Å². The smallest absolute Gasteiger partial charge is 0.350 e. The van der Waals surface area contributed by atoms with E-state index in [9.17, 15) is 4.79 Å². The van der Waals surface area contributed by atoms with Gasteiger partial charge < -0.3 is 9.47 Å². The number of thiazole rings is 1. The van der Waals surface area contributed by atoms with E-state index in [0.29, 0.717) is 23.8 Å². The van der Waals surface area contributed by atoms with Crippen molar-refractivity contribution in [2.24, 2.45) is 0 Å². The number of carbonyl (C=O) groups is 1. The summed E-state index contributed by atoms with van der Waals surface area (Å²) in [5.41, 5.74) is 2.72. The highest BCUT2D eigenvalue weighted by molar-refractivity contribution is 7.14. The Balaban J connectivity index is 1.94. The van der Waals surface area contributed by atoms with E-state index in [4.69, 9.17) is 9.47 Å². The second-order valence-electron chi connectivity index (χ2n) is 4.65. The lowest BCUT2D eigenvalue weighted by atomic mass is 10.1. The van der Waals surface area contributed by atoms with Gasteiger partial charge in [-0.25, -0.2) is 9.78 Å².